The van der Waals surface area contributed by atoms with Crippen LogP contribution >= 0.6 is 23.4 Å². The third kappa shape index (κ3) is 4.09. The first-order valence-corrected chi connectivity index (χ1v) is 8.62. The van der Waals surface area contributed by atoms with Crippen molar-refractivity contribution in [2.45, 2.75) is 12.1 Å². The molecule has 0 spiro atoms. The number of nitrogens with zero attached hydrogens (tertiary/aromatic N) is 2. The number of hydrogen-bond acceptors (Lipinski definition) is 5. The molecule has 0 atom stereocenters. The van der Waals surface area contributed by atoms with Crippen LogP contribution in [0.4, 0.5) is 11.4 Å². The highest BCUT2D eigenvalue weighted by atomic mass is 35.5. The number of H-pyrrole nitrogens is 1. The molecule has 128 valence electrons. The van der Waals surface area contributed by atoms with E-state index in [1.54, 1.807) is 31.2 Å². The lowest BCUT2D eigenvalue weighted by molar-refractivity contribution is -0.384. The van der Waals surface area contributed by atoms with Crippen molar-refractivity contribution in [2.75, 3.05) is 11.1 Å². The topological polar surface area (TPSA) is 101 Å². The Morgan fingerprint density at radius 3 is 2.92 bits per heavy atom. The maximum Gasteiger partial charge on any atom is 0.293 e. The zero-order chi connectivity index (χ0) is 18.0. The largest absolute Gasteiger partial charge is 0.333 e. The molecule has 3 aromatic rings. The fourth-order valence-corrected chi connectivity index (χ4v) is 3.10. The molecule has 1 heterocycles. The average molecular weight is 377 g/mol. The van der Waals surface area contributed by atoms with Gasteiger partial charge in [-0.05, 0) is 36.8 Å². The predicted octanol–water partition coefficient (Wildman–Crippen LogP) is 4.16. The molecule has 2 aromatic carbocycles. The number of aromatic nitrogens is 2. The van der Waals surface area contributed by atoms with Crippen LogP contribution in [0, 0.1) is 17.0 Å². The van der Waals surface area contributed by atoms with Crippen LogP contribution in [-0.4, -0.2) is 26.6 Å². The van der Waals surface area contributed by atoms with E-state index in [-0.39, 0.29) is 23.0 Å². The van der Waals surface area contributed by atoms with E-state index in [2.05, 4.69) is 15.3 Å². The van der Waals surface area contributed by atoms with Gasteiger partial charge < -0.3 is 10.3 Å². The van der Waals surface area contributed by atoms with E-state index in [0.29, 0.717) is 10.2 Å². The monoisotopic (exact) mass is 376 g/mol. The summed E-state index contributed by atoms with van der Waals surface area (Å²) in [4.78, 5) is 30.1. The first-order valence-electron chi connectivity index (χ1n) is 7.25. The van der Waals surface area contributed by atoms with E-state index in [1.165, 1.54) is 23.9 Å². The Morgan fingerprint density at radius 2 is 2.16 bits per heavy atom. The Kier molecular flexibility index (Phi) is 4.91. The van der Waals surface area contributed by atoms with Crippen molar-refractivity contribution in [1.29, 1.82) is 0 Å². The number of fused-ring (bicyclic) bond motifs is 1. The molecule has 0 saturated heterocycles. The second-order valence-corrected chi connectivity index (χ2v) is 6.72. The molecule has 0 unspecified atom stereocenters. The molecule has 0 radical (unpaired) electrons. The smallest absolute Gasteiger partial charge is 0.293 e. The first-order chi connectivity index (χ1) is 11.9. The summed E-state index contributed by atoms with van der Waals surface area (Å²) in [5, 5.41) is 14.8. The lowest BCUT2D eigenvalue weighted by Gasteiger charge is -2.06. The fourth-order valence-electron chi connectivity index (χ4n) is 2.25. The maximum absolute atomic E-state index is 12.1. The minimum absolute atomic E-state index is 0.0680. The van der Waals surface area contributed by atoms with Gasteiger partial charge in [0, 0.05) is 11.1 Å². The molecular formula is C16H13ClN4O3S. The lowest BCUT2D eigenvalue weighted by Crippen LogP contribution is -2.15. The Morgan fingerprint density at radius 1 is 1.36 bits per heavy atom. The number of amides is 1. The van der Waals surface area contributed by atoms with Crippen molar-refractivity contribution in [3.05, 3.63) is 57.1 Å². The molecule has 0 aliphatic rings. The Labute approximate surface area is 151 Å². The van der Waals surface area contributed by atoms with E-state index in [0.717, 1.165) is 16.6 Å². The second kappa shape index (κ2) is 7.12. The number of nitro groups is 1. The number of carbonyl (C=O) groups is 1. The quantitative estimate of drug-likeness (QED) is 0.395. The number of benzene rings is 2. The van der Waals surface area contributed by atoms with Gasteiger partial charge in [0.25, 0.3) is 5.69 Å². The summed E-state index contributed by atoms with van der Waals surface area (Å²) in [6.07, 6.45) is 0. The fraction of sp³-hybridized carbons (Fsp3) is 0.125. The van der Waals surface area contributed by atoms with Gasteiger partial charge in [0.1, 0.15) is 5.69 Å². The van der Waals surface area contributed by atoms with Crippen LogP contribution in [0.3, 0.4) is 0 Å². The van der Waals surface area contributed by atoms with Crippen molar-refractivity contribution in [3.8, 4) is 0 Å². The van der Waals surface area contributed by atoms with Crippen LogP contribution in [0.25, 0.3) is 11.0 Å². The molecule has 1 amide bonds. The lowest BCUT2D eigenvalue weighted by atomic mass is 10.2. The van der Waals surface area contributed by atoms with Crippen molar-refractivity contribution in [2.24, 2.45) is 0 Å². The average Bonchev–Trinajstić information content (AvgIpc) is 2.96. The van der Waals surface area contributed by atoms with Crippen molar-refractivity contribution >= 4 is 51.7 Å². The first kappa shape index (κ1) is 17.2. The Balaban J connectivity index is 1.67. The number of carbonyl (C=O) groups excluding carboxylic acids is 1. The number of nitro benzene ring substituents is 1. The van der Waals surface area contributed by atoms with E-state index < -0.39 is 4.92 Å². The number of halogens is 1. The van der Waals surface area contributed by atoms with E-state index >= 15 is 0 Å². The van der Waals surface area contributed by atoms with Gasteiger partial charge >= 0.3 is 0 Å². The zero-order valence-corrected chi connectivity index (χ0v) is 14.6. The van der Waals surface area contributed by atoms with Gasteiger partial charge in [-0.2, -0.15) is 0 Å². The molecule has 9 heteroatoms. The van der Waals surface area contributed by atoms with E-state index in [4.69, 9.17) is 11.6 Å². The molecular weight excluding hydrogens is 364 g/mol. The van der Waals surface area contributed by atoms with Gasteiger partial charge in [-0.3, -0.25) is 14.9 Å². The van der Waals surface area contributed by atoms with Crippen LogP contribution in [-0.2, 0) is 4.79 Å². The van der Waals surface area contributed by atoms with E-state index in [9.17, 15) is 14.9 Å². The number of imidazole rings is 1. The number of hydrogen-bond donors (Lipinski definition) is 2. The van der Waals surface area contributed by atoms with Gasteiger partial charge in [0.2, 0.25) is 5.91 Å². The van der Waals surface area contributed by atoms with Crippen LogP contribution < -0.4 is 5.32 Å². The van der Waals surface area contributed by atoms with Crippen molar-refractivity contribution < 1.29 is 9.72 Å². The molecule has 0 fully saturated rings. The van der Waals surface area contributed by atoms with Crippen molar-refractivity contribution in [3.63, 3.8) is 0 Å². The zero-order valence-electron chi connectivity index (χ0n) is 13.1. The van der Waals surface area contributed by atoms with Crippen LogP contribution in [0.2, 0.25) is 5.02 Å². The summed E-state index contributed by atoms with van der Waals surface area (Å²) in [7, 11) is 0. The summed E-state index contributed by atoms with van der Waals surface area (Å²) in [5.74, 6) is -0.283. The Bertz CT molecular complexity index is 973. The number of aromatic amines is 1. The highest BCUT2D eigenvalue weighted by Gasteiger charge is 2.16. The molecule has 0 aliphatic heterocycles. The number of aryl methyl sites for hydroxylation is 1. The number of nitrogens with one attached hydrogen (secondary N) is 2. The summed E-state index contributed by atoms with van der Waals surface area (Å²) >= 11 is 7.13. The predicted molar refractivity (Wildman–Crippen MR) is 98.3 cm³/mol. The standard InChI is InChI=1S/C16H13ClN4O3S/c1-9-2-4-12(14(6-9)21(23)24)18-15(22)8-25-16-19-11-5-3-10(17)7-13(11)20-16/h2-7H,8H2,1H3,(H,18,22)(H,19,20). The third-order valence-electron chi connectivity index (χ3n) is 3.39. The minimum atomic E-state index is -0.515. The van der Waals surface area contributed by atoms with Gasteiger partial charge in [0.05, 0.1) is 21.7 Å². The summed E-state index contributed by atoms with van der Waals surface area (Å²) in [6, 6.07) is 9.93. The second-order valence-electron chi connectivity index (χ2n) is 5.32. The molecule has 7 nitrogen and oxygen atoms in total. The maximum atomic E-state index is 12.1. The minimum Gasteiger partial charge on any atom is -0.333 e. The van der Waals surface area contributed by atoms with Crippen molar-refractivity contribution in [1.82, 2.24) is 9.97 Å². The number of rotatable bonds is 5. The van der Waals surface area contributed by atoms with Gasteiger partial charge in [0.15, 0.2) is 5.16 Å². The van der Waals surface area contributed by atoms with Crippen LogP contribution in [0.5, 0.6) is 0 Å². The van der Waals surface area contributed by atoms with Gasteiger partial charge in [-0.25, -0.2) is 4.98 Å². The summed E-state index contributed by atoms with van der Waals surface area (Å²) < 4.78 is 0. The molecule has 25 heavy (non-hydrogen) atoms. The number of anilines is 1. The Hall–Kier alpha value is -2.58. The van der Waals surface area contributed by atoms with E-state index in [1.807, 2.05) is 0 Å². The molecule has 1 aromatic heterocycles. The third-order valence-corrected chi connectivity index (χ3v) is 4.49. The van der Waals surface area contributed by atoms with Crippen LogP contribution in [0.15, 0.2) is 41.6 Å². The molecule has 0 saturated carbocycles. The van der Waals surface area contributed by atoms with Crippen LogP contribution in [0.1, 0.15) is 5.56 Å². The number of thioether (sulfide) groups is 1. The highest BCUT2D eigenvalue weighted by molar-refractivity contribution is 7.99. The summed E-state index contributed by atoms with van der Waals surface area (Å²) in [6.45, 7) is 1.75. The molecule has 0 aliphatic carbocycles. The molecule has 0 bridgehead atoms. The molecule has 2 N–H and O–H groups in total. The summed E-state index contributed by atoms with van der Waals surface area (Å²) in [5.41, 5.74) is 2.33. The van der Waals surface area contributed by atoms with Gasteiger partial charge in [-0.1, -0.05) is 29.4 Å². The highest BCUT2D eigenvalue weighted by Crippen LogP contribution is 2.26. The molecule has 3 rings (SSSR count). The van der Waals surface area contributed by atoms with Gasteiger partial charge in [-0.15, -0.1) is 0 Å². The normalized spacial score (nSPS) is 10.8. The SMILES string of the molecule is Cc1ccc(NC(=O)CSc2nc3ccc(Cl)cc3[nH]2)c([N+](=O)[O-])c1.